The zero-order valence-electron chi connectivity index (χ0n) is 12.7. The fourth-order valence-corrected chi connectivity index (χ4v) is 3.16. The summed E-state index contributed by atoms with van der Waals surface area (Å²) in [7, 11) is 0. The predicted molar refractivity (Wildman–Crippen MR) is 90.3 cm³/mol. The molecule has 0 heterocycles. The van der Waals surface area contributed by atoms with Crippen LogP contribution in [-0.2, 0) is 9.53 Å². The number of benzene rings is 2. The zero-order chi connectivity index (χ0) is 17.1. The van der Waals surface area contributed by atoms with Crippen LogP contribution >= 0.6 is 11.6 Å². The van der Waals surface area contributed by atoms with Crippen LogP contribution in [0.1, 0.15) is 17.0 Å². The molecular weight excluding hydrogens is 330 g/mol. The van der Waals surface area contributed by atoms with Gasteiger partial charge in [-0.15, -0.1) is 11.6 Å². The lowest BCUT2D eigenvalue weighted by atomic mass is 9.98. The molecule has 0 radical (unpaired) electrons. The minimum atomic E-state index is -1.20. The van der Waals surface area contributed by atoms with Crippen LogP contribution in [0.25, 0.3) is 11.1 Å². The molecule has 0 spiro atoms. The highest BCUT2D eigenvalue weighted by Gasteiger charge is 2.29. The molecule has 1 amide bonds. The summed E-state index contributed by atoms with van der Waals surface area (Å²) < 4.78 is 5.25. The Morgan fingerprint density at radius 1 is 1.08 bits per heavy atom. The van der Waals surface area contributed by atoms with E-state index in [1.165, 1.54) is 0 Å². The number of fused-ring (bicyclic) bond motifs is 3. The normalized spacial score (nSPS) is 13.7. The van der Waals surface area contributed by atoms with E-state index in [-0.39, 0.29) is 18.4 Å². The first-order valence-corrected chi connectivity index (χ1v) is 8.05. The summed E-state index contributed by atoms with van der Waals surface area (Å²) in [6, 6.07) is 14.8. The zero-order valence-corrected chi connectivity index (χ0v) is 13.5. The SMILES string of the molecule is O=C(NC(CCl)C(=O)O)OCC1c2ccccc2-c2ccccc21. The Labute approximate surface area is 144 Å². The standard InChI is InChI=1S/C18H16ClNO4/c19-9-16(17(21)22)20-18(23)24-10-15-13-7-3-1-5-11(13)12-6-2-4-8-14(12)15/h1-8,15-16H,9-10H2,(H,20,23)(H,21,22). The number of aliphatic carboxylic acids is 1. The van der Waals surface area contributed by atoms with Crippen molar-refractivity contribution < 1.29 is 19.4 Å². The van der Waals surface area contributed by atoms with Crippen molar-refractivity contribution in [1.82, 2.24) is 5.32 Å². The van der Waals surface area contributed by atoms with Gasteiger partial charge < -0.3 is 15.2 Å². The predicted octanol–water partition coefficient (Wildman–Crippen LogP) is 3.22. The van der Waals surface area contributed by atoms with E-state index in [9.17, 15) is 9.59 Å². The van der Waals surface area contributed by atoms with E-state index >= 15 is 0 Å². The van der Waals surface area contributed by atoms with Crippen LogP contribution in [0, 0.1) is 0 Å². The summed E-state index contributed by atoms with van der Waals surface area (Å²) in [6.45, 7) is 0.133. The second kappa shape index (κ2) is 6.93. The topological polar surface area (TPSA) is 75.6 Å². The van der Waals surface area contributed by atoms with Crippen molar-refractivity contribution in [2.75, 3.05) is 12.5 Å². The molecule has 0 aliphatic heterocycles. The molecule has 0 fully saturated rings. The molecule has 24 heavy (non-hydrogen) atoms. The van der Waals surface area contributed by atoms with Crippen molar-refractivity contribution in [1.29, 1.82) is 0 Å². The summed E-state index contributed by atoms with van der Waals surface area (Å²) >= 11 is 5.52. The van der Waals surface area contributed by atoms with Gasteiger partial charge in [0.05, 0.1) is 5.88 Å². The lowest BCUT2D eigenvalue weighted by molar-refractivity contribution is -0.138. The Balaban J connectivity index is 1.74. The highest BCUT2D eigenvalue weighted by molar-refractivity contribution is 6.19. The highest BCUT2D eigenvalue weighted by atomic mass is 35.5. The molecule has 2 aromatic carbocycles. The van der Waals surface area contributed by atoms with Crippen LogP contribution < -0.4 is 5.32 Å². The van der Waals surface area contributed by atoms with Gasteiger partial charge in [0.2, 0.25) is 0 Å². The minimum absolute atomic E-state index is 0.0672. The number of nitrogens with one attached hydrogen (secondary N) is 1. The number of hydrogen-bond acceptors (Lipinski definition) is 3. The molecule has 124 valence electrons. The summed E-state index contributed by atoms with van der Waals surface area (Å²) in [5.74, 6) is -1.49. The van der Waals surface area contributed by atoms with Gasteiger partial charge in [-0.3, -0.25) is 0 Å². The smallest absolute Gasteiger partial charge is 0.407 e. The molecule has 3 rings (SSSR count). The quantitative estimate of drug-likeness (QED) is 0.816. The number of carbonyl (C=O) groups is 2. The van der Waals surface area contributed by atoms with Gasteiger partial charge in [0, 0.05) is 5.92 Å². The first kappa shape index (κ1) is 16.3. The Morgan fingerprint density at radius 2 is 1.62 bits per heavy atom. The van der Waals surface area contributed by atoms with Crippen molar-refractivity contribution >= 4 is 23.7 Å². The van der Waals surface area contributed by atoms with Gasteiger partial charge in [-0.25, -0.2) is 9.59 Å². The fraction of sp³-hybridized carbons (Fsp3) is 0.222. The van der Waals surface area contributed by atoms with E-state index in [0.717, 1.165) is 22.3 Å². The first-order valence-electron chi connectivity index (χ1n) is 7.52. The van der Waals surface area contributed by atoms with E-state index < -0.39 is 18.1 Å². The maximum Gasteiger partial charge on any atom is 0.407 e. The summed E-state index contributed by atoms with van der Waals surface area (Å²) in [4.78, 5) is 22.7. The Morgan fingerprint density at radius 3 is 2.12 bits per heavy atom. The number of hydrogen-bond donors (Lipinski definition) is 2. The molecule has 5 nitrogen and oxygen atoms in total. The average Bonchev–Trinajstić information content (AvgIpc) is 2.91. The van der Waals surface area contributed by atoms with Gasteiger partial charge >= 0.3 is 12.1 Å². The number of ether oxygens (including phenoxy) is 1. The van der Waals surface area contributed by atoms with Crippen molar-refractivity contribution in [2.24, 2.45) is 0 Å². The number of carbonyl (C=O) groups excluding carboxylic acids is 1. The van der Waals surface area contributed by atoms with Gasteiger partial charge in [-0.2, -0.15) is 0 Å². The maximum absolute atomic E-state index is 11.8. The second-order valence-corrected chi connectivity index (χ2v) is 5.82. The monoisotopic (exact) mass is 345 g/mol. The minimum Gasteiger partial charge on any atom is -0.480 e. The molecule has 0 bridgehead atoms. The van der Waals surface area contributed by atoms with E-state index in [0.29, 0.717) is 0 Å². The molecule has 1 aliphatic rings. The Kier molecular flexibility index (Phi) is 4.71. The summed E-state index contributed by atoms with van der Waals surface area (Å²) in [5, 5.41) is 11.2. The molecule has 6 heteroatoms. The van der Waals surface area contributed by atoms with Gasteiger partial charge in [-0.1, -0.05) is 48.5 Å². The molecular formula is C18H16ClNO4. The lowest BCUT2D eigenvalue weighted by Gasteiger charge is -2.16. The van der Waals surface area contributed by atoms with E-state index in [1.54, 1.807) is 0 Å². The van der Waals surface area contributed by atoms with Crippen LogP contribution in [0.5, 0.6) is 0 Å². The van der Waals surface area contributed by atoms with E-state index in [4.69, 9.17) is 21.4 Å². The second-order valence-electron chi connectivity index (χ2n) is 5.52. The van der Waals surface area contributed by atoms with Crippen LogP contribution in [0.15, 0.2) is 48.5 Å². The summed E-state index contributed by atoms with van der Waals surface area (Å²) in [5.41, 5.74) is 4.45. The molecule has 2 N–H and O–H groups in total. The molecule has 0 saturated heterocycles. The number of carboxylic acids is 1. The van der Waals surface area contributed by atoms with Crippen LogP contribution in [-0.4, -0.2) is 35.7 Å². The Bertz CT molecular complexity index is 732. The number of alkyl carbamates (subject to hydrolysis) is 1. The van der Waals surface area contributed by atoms with Crippen molar-refractivity contribution in [2.45, 2.75) is 12.0 Å². The maximum atomic E-state index is 11.8. The number of carboxylic acid groups (broad SMARTS) is 1. The van der Waals surface area contributed by atoms with Gasteiger partial charge in [0.15, 0.2) is 0 Å². The third kappa shape index (κ3) is 3.08. The fourth-order valence-electron chi connectivity index (χ4n) is 2.95. The number of alkyl halides is 1. The summed E-state index contributed by atoms with van der Waals surface area (Å²) in [6.07, 6.45) is -0.787. The van der Waals surface area contributed by atoms with E-state index in [1.807, 2.05) is 48.5 Å². The lowest BCUT2D eigenvalue weighted by Crippen LogP contribution is -2.42. The Hall–Kier alpha value is -2.53. The molecule has 2 aromatic rings. The van der Waals surface area contributed by atoms with Crippen molar-refractivity contribution in [3.8, 4) is 11.1 Å². The first-order chi connectivity index (χ1) is 11.6. The van der Waals surface area contributed by atoms with Crippen molar-refractivity contribution in [3.63, 3.8) is 0 Å². The van der Waals surface area contributed by atoms with Crippen LogP contribution in [0.2, 0.25) is 0 Å². The number of halogens is 1. The van der Waals surface area contributed by atoms with Gasteiger partial charge in [0.25, 0.3) is 0 Å². The average molecular weight is 346 g/mol. The molecule has 0 aromatic heterocycles. The van der Waals surface area contributed by atoms with Crippen LogP contribution in [0.4, 0.5) is 4.79 Å². The van der Waals surface area contributed by atoms with E-state index in [2.05, 4.69) is 5.32 Å². The highest BCUT2D eigenvalue weighted by Crippen LogP contribution is 2.44. The van der Waals surface area contributed by atoms with Crippen molar-refractivity contribution in [3.05, 3.63) is 59.7 Å². The number of rotatable bonds is 5. The van der Waals surface area contributed by atoms with Gasteiger partial charge in [-0.05, 0) is 22.3 Å². The van der Waals surface area contributed by atoms with Crippen LogP contribution in [0.3, 0.4) is 0 Å². The molecule has 1 aliphatic carbocycles. The third-order valence-corrected chi connectivity index (χ3v) is 4.40. The molecule has 0 saturated carbocycles. The largest absolute Gasteiger partial charge is 0.480 e. The third-order valence-electron chi connectivity index (χ3n) is 4.09. The number of amides is 1. The van der Waals surface area contributed by atoms with Gasteiger partial charge in [0.1, 0.15) is 12.6 Å². The molecule has 1 unspecified atom stereocenters. The molecule has 1 atom stereocenters.